The molecule has 2 heteroatoms. The van der Waals surface area contributed by atoms with Gasteiger partial charge >= 0.3 is 0 Å². The standard InChI is InChI=1S/C17H26ClN/c1-13(2)10-15-11-16(18)8-9-17(15)19-12-14-6-4-3-5-7-14/h8-9,11,13-14,19H,3-7,10,12H2,1-2H3/i10D2. The molecule has 0 heterocycles. The minimum atomic E-state index is -1.38. The van der Waals surface area contributed by atoms with Crippen molar-refractivity contribution in [1.82, 2.24) is 0 Å². The lowest BCUT2D eigenvalue weighted by Crippen LogP contribution is -2.18. The molecule has 0 spiro atoms. The molecule has 0 aromatic heterocycles. The van der Waals surface area contributed by atoms with Gasteiger partial charge in [0.25, 0.3) is 0 Å². The predicted octanol–water partition coefficient (Wildman–Crippen LogP) is 5.53. The van der Waals surface area contributed by atoms with Gasteiger partial charge in [0.2, 0.25) is 0 Å². The summed E-state index contributed by atoms with van der Waals surface area (Å²) in [5.74, 6) is 0.624. The lowest BCUT2D eigenvalue weighted by atomic mass is 9.89. The first-order valence-corrected chi connectivity index (χ1v) is 7.83. The van der Waals surface area contributed by atoms with Gasteiger partial charge in [-0.25, -0.2) is 0 Å². The minimum absolute atomic E-state index is 0.0915. The van der Waals surface area contributed by atoms with E-state index in [2.05, 4.69) is 5.32 Å². The van der Waals surface area contributed by atoms with Crippen molar-refractivity contribution in [2.45, 2.75) is 52.3 Å². The first kappa shape index (κ1) is 12.1. The maximum Gasteiger partial charge on any atom is 0.0410 e. The predicted molar refractivity (Wildman–Crippen MR) is 85.1 cm³/mol. The van der Waals surface area contributed by atoms with E-state index in [1.807, 2.05) is 26.0 Å². The van der Waals surface area contributed by atoms with E-state index in [4.69, 9.17) is 14.3 Å². The van der Waals surface area contributed by atoms with Crippen LogP contribution in [-0.2, 0) is 6.37 Å². The number of benzene rings is 1. The van der Waals surface area contributed by atoms with E-state index in [9.17, 15) is 0 Å². The number of halogens is 1. The topological polar surface area (TPSA) is 12.0 Å². The molecule has 1 N–H and O–H groups in total. The summed E-state index contributed by atoms with van der Waals surface area (Å²) in [5, 5.41) is 4.07. The van der Waals surface area contributed by atoms with E-state index < -0.39 is 6.37 Å². The van der Waals surface area contributed by atoms with Crippen LogP contribution in [0.5, 0.6) is 0 Å². The lowest BCUT2D eigenvalue weighted by molar-refractivity contribution is 0.373. The Hall–Kier alpha value is -0.690. The summed E-state index contributed by atoms with van der Waals surface area (Å²) in [6.45, 7) is 4.75. The number of anilines is 1. The Balaban J connectivity index is 2.14. The van der Waals surface area contributed by atoms with Gasteiger partial charge in [0.1, 0.15) is 0 Å². The fraction of sp³-hybridized carbons (Fsp3) is 0.647. The van der Waals surface area contributed by atoms with Crippen molar-refractivity contribution in [3.8, 4) is 0 Å². The van der Waals surface area contributed by atoms with E-state index in [0.29, 0.717) is 16.5 Å². The normalized spacial score (nSPS) is 19.2. The third-order valence-corrected chi connectivity index (χ3v) is 3.97. The van der Waals surface area contributed by atoms with Crippen molar-refractivity contribution in [3.63, 3.8) is 0 Å². The average Bonchev–Trinajstić information content (AvgIpc) is 2.46. The molecule has 0 aliphatic heterocycles. The van der Waals surface area contributed by atoms with E-state index >= 15 is 0 Å². The Morgan fingerprint density at radius 3 is 2.74 bits per heavy atom. The molecule has 1 saturated carbocycles. The van der Waals surface area contributed by atoms with Crippen molar-refractivity contribution < 1.29 is 2.74 Å². The zero-order valence-electron chi connectivity index (χ0n) is 14.0. The van der Waals surface area contributed by atoms with Crippen LogP contribution >= 0.6 is 11.6 Å². The first-order valence-electron chi connectivity index (χ1n) is 8.45. The highest BCUT2D eigenvalue weighted by Gasteiger charge is 2.14. The highest BCUT2D eigenvalue weighted by molar-refractivity contribution is 6.30. The molecular weight excluding hydrogens is 254 g/mol. The second kappa shape index (κ2) is 7.19. The van der Waals surface area contributed by atoms with Gasteiger partial charge in [-0.15, -0.1) is 0 Å². The van der Waals surface area contributed by atoms with E-state index in [1.54, 1.807) is 6.07 Å². The zero-order chi connectivity index (χ0) is 15.5. The van der Waals surface area contributed by atoms with Gasteiger partial charge in [0.05, 0.1) is 0 Å². The number of hydrogen-bond acceptors (Lipinski definition) is 1. The SMILES string of the molecule is [2H]C([2H])(c1cc(Cl)ccc1NCC1CCCCC1)C(C)C. The summed E-state index contributed by atoms with van der Waals surface area (Å²) in [6, 6.07) is 5.52. The zero-order valence-corrected chi connectivity index (χ0v) is 12.8. The molecule has 1 aliphatic carbocycles. The molecule has 19 heavy (non-hydrogen) atoms. The molecule has 1 aromatic rings. The van der Waals surface area contributed by atoms with Crippen molar-refractivity contribution in [2.24, 2.45) is 11.8 Å². The van der Waals surface area contributed by atoms with Gasteiger partial charge < -0.3 is 5.32 Å². The largest absolute Gasteiger partial charge is 0.385 e. The maximum absolute atomic E-state index is 8.35. The fourth-order valence-corrected chi connectivity index (χ4v) is 2.92. The highest BCUT2D eigenvalue weighted by atomic mass is 35.5. The summed E-state index contributed by atoms with van der Waals surface area (Å²) in [6.07, 6.45) is 5.21. The van der Waals surface area contributed by atoms with Crippen molar-refractivity contribution in [1.29, 1.82) is 0 Å². The van der Waals surface area contributed by atoms with E-state index in [-0.39, 0.29) is 5.92 Å². The minimum Gasteiger partial charge on any atom is -0.385 e. The number of hydrogen-bond donors (Lipinski definition) is 1. The van der Waals surface area contributed by atoms with E-state index in [0.717, 1.165) is 12.2 Å². The molecule has 0 unspecified atom stereocenters. The quantitative estimate of drug-likeness (QED) is 0.748. The van der Waals surface area contributed by atoms with Crippen LogP contribution in [0.3, 0.4) is 0 Å². The van der Waals surface area contributed by atoms with Gasteiger partial charge in [0, 0.05) is 20.0 Å². The Morgan fingerprint density at radius 2 is 2.05 bits per heavy atom. The Labute approximate surface area is 125 Å². The molecule has 0 amide bonds. The van der Waals surface area contributed by atoms with Gasteiger partial charge in [0.15, 0.2) is 0 Å². The molecule has 1 fully saturated rings. The van der Waals surface area contributed by atoms with Gasteiger partial charge in [-0.1, -0.05) is 44.7 Å². The summed E-state index contributed by atoms with van der Waals surface area (Å²) in [7, 11) is 0. The van der Waals surface area contributed by atoms with Gasteiger partial charge in [-0.3, -0.25) is 0 Å². The van der Waals surface area contributed by atoms with E-state index in [1.165, 1.54) is 32.1 Å². The maximum atomic E-state index is 8.35. The highest BCUT2D eigenvalue weighted by Crippen LogP contribution is 2.27. The molecule has 1 aliphatic rings. The van der Waals surface area contributed by atoms with Crippen LogP contribution in [0, 0.1) is 11.8 Å². The number of rotatable bonds is 5. The van der Waals surface area contributed by atoms with Crippen molar-refractivity contribution >= 4 is 17.3 Å². The molecule has 0 bridgehead atoms. The molecule has 0 saturated heterocycles. The third kappa shape index (κ3) is 4.72. The second-order valence-electron chi connectivity index (χ2n) is 5.87. The smallest absolute Gasteiger partial charge is 0.0410 e. The first-order chi connectivity index (χ1) is 9.91. The molecular formula is C17H26ClN. The summed E-state index contributed by atoms with van der Waals surface area (Å²) in [5.41, 5.74) is 1.57. The Morgan fingerprint density at radius 1 is 1.32 bits per heavy atom. The van der Waals surface area contributed by atoms with Crippen LogP contribution in [0.15, 0.2) is 18.2 Å². The van der Waals surface area contributed by atoms with Crippen molar-refractivity contribution in [2.75, 3.05) is 11.9 Å². The molecule has 0 radical (unpaired) electrons. The van der Waals surface area contributed by atoms with Crippen LogP contribution in [0.2, 0.25) is 5.02 Å². The summed E-state index contributed by atoms with van der Waals surface area (Å²) < 4.78 is 16.7. The average molecular weight is 282 g/mol. The van der Waals surface area contributed by atoms with Gasteiger partial charge in [-0.05, 0) is 54.8 Å². The van der Waals surface area contributed by atoms with Crippen LogP contribution in [0.1, 0.15) is 54.3 Å². The van der Waals surface area contributed by atoms with Crippen LogP contribution in [0.4, 0.5) is 5.69 Å². The Bertz CT molecular complexity index is 468. The molecule has 1 nitrogen and oxygen atoms in total. The summed E-state index contributed by atoms with van der Waals surface area (Å²) >= 11 is 6.08. The molecule has 1 aromatic carbocycles. The lowest BCUT2D eigenvalue weighted by Gasteiger charge is -2.23. The van der Waals surface area contributed by atoms with Crippen LogP contribution in [0.25, 0.3) is 0 Å². The fourth-order valence-electron chi connectivity index (χ4n) is 2.75. The molecule has 0 atom stereocenters. The van der Waals surface area contributed by atoms with Gasteiger partial charge in [-0.2, -0.15) is 0 Å². The van der Waals surface area contributed by atoms with Crippen LogP contribution in [-0.4, -0.2) is 6.54 Å². The molecule has 106 valence electrons. The second-order valence-corrected chi connectivity index (χ2v) is 6.31. The third-order valence-electron chi connectivity index (χ3n) is 3.73. The van der Waals surface area contributed by atoms with Crippen molar-refractivity contribution in [3.05, 3.63) is 28.8 Å². The van der Waals surface area contributed by atoms with Crippen LogP contribution < -0.4 is 5.32 Å². The monoisotopic (exact) mass is 281 g/mol. The summed E-state index contributed by atoms with van der Waals surface area (Å²) in [4.78, 5) is 0. The Kier molecular flexibility index (Phi) is 4.57. The number of nitrogens with one attached hydrogen (secondary N) is 1. The molecule has 2 rings (SSSR count).